The minimum absolute atomic E-state index is 0.0623. The van der Waals surface area contributed by atoms with Gasteiger partial charge < -0.3 is 18.6 Å². The summed E-state index contributed by atoms with van der Waals surface area (Å²) >= 11 is 5.20. The highest BCUT2D eigenvalue weighted by atomic mass is 127. The molecule has 0 aromatic carbocycles. The molecule has 2 fully saturated rings. The van der Waals surface area contributed by atoms with Crippen LogP contribution in [-0.4, -0.2) is 48.6 Å². The lowest BCUT2D eigenvalue weighted by atomic mass is 10.1. The van der Waals surface area contributed by atoms with E-state index in [4.69, 9.17) is 18.6 Å². The standard InChI is InChI=1S/C18H28BrIN2O6Si/c1-17(2,3)29(6,7)25-8-9-11-12(28-18(4,5)27-11)15(26-9)22-13(20)10(19)14(23)21-16(22)24/h9,11-12,15H,8H2,1-7H3,(H,21,23,24)/t9-,11-,12-,15-/m1/s1. The Kier molecular flexibility index (Phi) is 6.36. The van der Waals surface area contributed by atoms with E-state index in [2.05, 4.69) is 54.8 Å². The number of halogens is 2. The normalized spacial score (nSPS) is 29.3. The second kappa shape index (κ2) is 7.82. The van der Waals surface area contributed by atoms with Gasteiger partial charge in [-0.25, -0.2) is 4.79 Å². The molecule has 2 aliphatic heterocycles. The topological polar surface area (TPSA) is 91.8 Å². The van der Waals surface area contributed by atoms with Crippen molar-refractivity contribution in [1.29, 1.82) is 0 Å². The van der Waals surface area contributed by atoms with E-state index in [9.17, 15) is 9.59 Å². The Labute approximate surface area is 193 Å². The highest BCUT2D eigenvalue weighted by Gasteiger charge is 2.57. The van der Waals surface area contributed by atoms with Gasteiger partial charge in [0, 0.05) is 0 Å². The van der Waals surface area contributed by atoms with Crippen LogP contribution in [0.15, 0.2) is 14.1 Å². The predicted molar refractivity (Wildman–Crippen MR) is 123 cm³/mol. The first-order valence-corrected chi connectivity index (χ1v) is 14.3. The SMILES string of the molecule is CC1(C)O[C@@H]2[C@H](O1)[C@@H](CO[Si](C)(C)C(C)(C)C)O[C@H]2n1c(I)c(Br)c(=O)[nH]c1=O. The highest BCUT2D eigenvalue weighted by molar-refractivity contribution is 14.1. The molecule has 4 atom stereocenters. The Bertz CT molecular complexity index is 909. The van der Waals surface area contributed by atoms with Gasteiger partial charge in [-0.3, -0.25) is 14.3 Å². The predicted octanol–water partition coefficient (Wildman–Crippen LogP) is 3.34. The largest absolute Gasteiger partial charge is 0.414 e. The minimum atomic E-state index is -1.99. The average molecular weight is 603 g/mol. The lowest BCUT2D eigenvalue weighted by Crippen LogP contribution is -2.44. The van der Waals surface area contributed by atoms with Crippen LogP contribution in [0.3, 0.4) is 0 Å². The van der Waals surface area contributed by atoms with E-state index in [1.54, 1.807) is 0 Å². The fourth-order valence-corrected chi connectivity index (χ4v) is 5.28. The molecule has 29 heavy (non-hydrogen) atoms. The van der Waals surface area contributed by atoms with Gasteiger partial charge in [-0.05, 0) is 70.5 Å². The molecule has 11 heteroatoms. The van der Waals surface area contributed by atoms with E-state index in [0.29, 0.717) is 10.3 Å². The van der Waals surface area contributed by atoms with Crippen LogP contribution >= 0.6 is 38.5 Å². The Morgan fingerprint density at radius 1 is 1.24 bits per heavy atom. The fraction of sp³-hybridized carbons (Fsp3) is 0.778. The summed E-state index contributed by atoms with van der Waals surface area (Å²) in [6.07, 6.45) is -2.01. The molecule has 0 saturated carbocycles. The zero-order chi connectivity index (χ0) is 21.9. The van der Waals surface area contributed by atoms with Crippen molar-refractivity contribution in [3.05, 3.63) is 29.0 Å². The zero-order valence-electron chi connectivity index (χ0n) is 17.7. The van der Waals surface area contributed by atoms with Crippen molar-refractivity contribution in [1.82, 2.24) is 9.55 Å². The summed E-state index contributed by atoms with van der Waals surface area (Å²) in [5, 5.41) is 0.0623. The molecule has 0 amide bonds. The molecule has 2 saturated heterocycles. The molecule has 3 rings (SSSR count). The minimum Gasteiger partial charge on any atom is -0.414 e. The van der Waals surface area contributed by atoms with Gasteiger partial charge in [0.1, 0.15) is 26.5 Å². The number of hydrogen-bond donors (Lipinski definition) is 1. The molecule has 1 aromatic rings. The maximum absolute atomic E-state index is 12.6. The van der Waals surface area contributed by atoms with Gasteiger partial charge >= 0.3 is 5.69 Å². The number of rotatable bonds is 4. The number of aromatic nitrogens is 2. The first-order valence-electron chi connectivity index (χ1n) is 9.49. The highest BCUT2D eigenvalue weighted by Crippen LogP contribution is 2.44. The summed E-state index contributed by atoms with van der Waals surface area (Å²) in [5.74, 6) is -0.805. The quantitative estimate of drug-likeness (QED) is 0.323. The smallest absolute Gasteiger partial charge is 0.331 e. The summed E-state index contributed by atoms with van der Waals surface area (Å²) in [5.41, 5.74) is -1.03. The molecule has 1 aromatic heterocycles. The van der Waals surface area contributed by atoms with Crippen LogP contribution in [0.2, 0.25) is 18.1 Å². The van der Waals surface area contributed by atoms with Gasteiger partial charge in [0.15, 0.2) is 20.3 Å². The van der Waals surface area contributed by atoms with E-state index in [-0.39, 0.29) is 15.6 Å². The molecule has 0 bridgehead atoms. The Morgan fingerprint density at radius 2 is 1.83 bits per heavy atom. The number of hydrogen-bond acceptors (Lipinski definition) is 6. The van der Waals surface area contributed by atoms with Crippen molar-refractivity contribution in [2.24, 2.45) is 0 Å². The van der Waals surface area contributed by atoms with Crippen LogP contribution < -0.4 is 11.2 Å². The van der Waals surface area contributed by atoms with Crippen LogP contribution in [0.25, 0.3) is 0 Å². The third-order valence-electron chi connectivity index (χ3n) is 5.83. The van der Waals surface area contributed by atoms with E-state index in [1.807, 2.05) is 36.4 Å². The number of H-pyrrole nitrogens is 1. The maximum atomic E-state index is 12.6. The van der Waals surface area contributed by atoms with Crippen molar-refractivity contribution in [2.75, 3.05) is 6.61 Å². The molecule has 2 aliphatic rings. The molecular formula is C18H28BrIN2O6Si. The zero-order valence-corrected chi connectivity index (χ0v) is 22.4. The first kappa shape index (κ1) is 23.6. The number of fused-ring (bicyclic) bond motifs is 1. The van der Waals surface area contributed by atoms with Crippen molar-refractivity contribution < 1.29 is 18.6 Å². The summed E-state index contributed by atoms with van der Waals surface area (Å²) in [6, 6.07) is 0. The average Bonchev–Trinajstić information content (AvgIpc) is 3.04. The molecule has 3 heterocycles. The Morgan fingerprint density at radius 3 is 2.41 bits per heavy atom. The summed E-state index contributed by atoms with van der Waals surface area (Å²) < 4.78 is 26.9. The van der Waals surface area contributed by atoms with Crippen LogP contribution in [0.5, 0.6) is 0 Å². The van der Waals surface area contributed by atoms with Crippen LogP contribution in [0.1, 0.15) is 40.8 Å². The molecule has 1 N–H and O–H groups in total. The van der Waals surface area contributed by atoms with E-state index in [0.717, 1.165) is 0 Å². The van der Waals surface area contributed by atoms with Crippen LogP contribution in [0, 0.1) is 3.70 Å². The van der Waals surface area contributed by atoms with Gasteiger partial charge in [0.2, 0.25) is 0 Å². The fourth-order valence-electron chi connectivity index (χ4n) is 3.24. The van der Waals surface area contributed by atoms with Gasteiger partial charge in [-0.15, -0.1) is 0 Å². The molecule has 0 radical (unpaired) electrons. The van der Waals surface area contributed by atoms with Crippen molar-refractivity contribution in [3.63, 3.8) is 0 Å². The molecule has 164 valence electrons. The van der Waals surface area contributed by atoms with E-state index >= 15 is 0 Å². The molecule has 0 spiro atoms. The number of aromatic amines is 1. The third-order valence-corrected chi connectivity index (χ3v) is 12.9. The summed E-state index contributed by atoms with van der Waals surface area (Å²) in [4.78, 5) is 26.8. The van der Waals surface area contributed by atoms with Gasteiger partial charge in [0.05, 0.1) is 6.61 Å². The molecule has 8 nitrogen and oxygen atoms in total. The Hall–Kier alpha value is -0.0531. The maximum Gasteiger partial charge on any atom is 0.331 e. The van der Waals surface area contributed by atoms with Gasteiger partial charge in [-0.2, -0.15) is 0 Å². The van der Waals surface area contributed by atoms with Crippen molar-refractivity contribution in [3.8, 4) is 0 Å². The van der Waals surface area contributed by atoms with Crippen LogP contribution in [0.4, 0.5) is 0 Å². The van der Waals surface area contributed by atoms with E-state index < -0.39 is 43.8 Å². The third kappa shape index (κ3) is 4.46. The van der Waals surface area contributed by atoms with Crippen LogP contribution in [-0.2, 0) is 18.6 Å². The second-order valence-corrected chi connectivity index (χ2v) is 16.1. The first-order chi connectivity index (χ1) is 13.1. The molecular weight excluding hydrogens is 575 g/mol. The summed E-state index contributed by atoms with van der Waals surface area (Å²) in [6.45, 7) is 14.9. The number of nitrogens with one attached hydrogen (secondary N) is 1. The lowest BCUT2D eigenvalue weighted by Gasteiger charge is -2.37. The molecule has 0 unspecified atom stereocenters. The molecule has 0 aliphatic carbocycles. The number of nitrogens with zero attached hydrogens (tertiary/aromatic N) is 1. The lowest BCUT2D eigenvalue weighted by molar-refractivity contribution is -0.200. The van der Waals surface area contributed by atoms with Gasteiger partial charge in [0.25, 0.3) is 5.56 Å². The van der Waals surface area contributed by atoms with Crippen molar-refractivity contribution >= 4 is 46.8 Å². The second-order valence-electron chi connectivity index (χ2n) is 9.44. The Balaban J connectivity index is 1.93. The number of ether oxygens (including phenoxy) is 3. The van der Waals surface area contributed by atoms with Gasteiger partial charge in [-0.1, -0.05) is 20.8 Å². The summed E-state index contributed by atoms with van der Waals surface area (Å²) in [7, 11) is -1.99. The van der Waals surface area contributed by atoms with E-state index in [1.165, 1.54) is 4.57 Å². The van der Waals surface area contributed by atoms with Crippen molar-refractivity contribution in [2.45, 2.75) is 83.1 Å². The monoisotopic (exact) mass is 602 g/mol.